The van der Waals surface area contributed by atoms with Crippen LogP contribution in [0.25, 0.3) is 0 Å². The second kappa shape index (κ2) is 5.54. The number of anilines is 1. The van der Waals surface area contributed by atoms with Gasteiger partial charge >= 0.3 is 0 Å². The van der Waals surface area contributed by atoms with E-state index < -0.39 is 5.92 Å². The second-order valence-corrected chi connectivity index (χ2v) is 4.35. The average Bonchev–Trinajstić information content (AvgIpc) is 2.40. The van der Waals surface area contributed by atoms with Gasteiger partial charge in [-0.3, -0.25) is 4.79 Å². The summed E-state index contributed by atoms with van der Waals surface area (Å²) in [4.78, 5) is 11.8. The molecule has 0 saturated heterocycles. The third-order valence-electron chi connectivity index (χ3n) is 3.06. The van der Waals surface area contributed by atoms with Crippen LogP contribution in [-0.2, 0) is 11.2 Å². The Kier molecular flexibility index (Phi) is 3.83. The number of nitrogens with one attached hydrogen (secondary N) is 1. The van der Waals surface area contributed by atoms with Gasteiger partial charge in [0, 0.05) is 5.69 Å². The molecule has 1 atom stereocenters. The molecule has 1 aromatic carbocycles. The molecule has 94 valence electrons. The summed E-state index contributed by atoms with van der Waals surface area (Å²) < 4.78 is 5.51. The molecule has 1 aliphatic rings. The fraction of sp³-hybridized carbons (Fsp3) is 0.429. The van der Waals surface area contributed by atoms with Crippen molar-refractivity contribution in [2.24, 2.45) is 5.92 Å². The Hall–Kier alpha value is -2.02. The molecule has 0 radical (unpaired) electrons. The van der Waals surface area contributed by atoms with Crippen molar-refractivity contribution in [1.82, 2.24) is 0 Å². The zero-order chi connectivity index (χ0) is 13.0. The van der Waals surface area contributed by atoms with Crippen LogP contribution in [0.3, 0.4) is 0 Å². The highest BCUT2D eigenvalue weighted by Gasteiger charge is 2.16. The van der Waals surface area contributed by atoms with Gasteiger partial charge in [-0.15, -0.1) is 0 Å². The summed E-state index contributed by atoms with van der Waals surface area (Å²) >= 11 is 0. The standard InChI is InChI=1S/C14H16N2O2/c1-2-10(9-15)14(17)16-12-5-6-13-11(8-12)4-3-7-18-13/h5-6,8,10H,2-4,7H2,1H3,(H,16,17). The van der Waals surface area contributed by atoms with Gasteiger partial charge in [-0.25, -0.2) is 0 Å². The average molecular weight is 244 g/mol. The zero-order valence-corrected chi connectivity index (χ0v) is 10.4. The summed E-state index contributed by atoms with van der Waals surface area (Å²) in [6, 6.07) is 7.61. The van der Waals surface area contributed by atoms with Crippen LogP contribution >= 0.6 is 0 Å². The number of nitriles is 1. The van der Waals surface area contributed by atoms with Gasteiger partial charge in [-0.2, -0.15) is 5.26 Å². The van der Waals surface area contributed by atoms with Crippen LogP contribution in [0.15, 0.2) is 18.2 Å². The maximum atomic E-state index is 11.8. The first kappa shape index (κ1) is 12.4. The minimum atomic E-state index is -0.586. The van der Waals surface area contributed by atoms with E-state index >= 15 is 0 Å². The highest BCUT2D eigenvalue weighted by Crippen LogP contribution is 2.27. The fourth-order valence-corrected chi connectivity index (χ4v) is 2.00. The van der Waals surface area contributed by atoms with Crippen molar-refractivity contribution in [1.29, 1.82) is 5.26 Å². The number of hydrogen-bond donors (Lipinski definition) is 1. The van der Waals surface area contributed by atoms with E-state index in [-0.39, 0.29) is 5.91 Å². The van der Waals surface area contributed by atoms with E-state index in [2.05, 4.69) is 5.32 Å². The second-order valence-electron chi connectivity index (χ2n) is 4.35. The van der Waals surface area contributed by atoms with E-state index in [9.17, 15) is 4.79 Å². The van der Waals surface area contributed by atoms with E-state index in [0.717, 1.165) is 36.4 Å². The number of carbonyl (C=O) groups is 1. The van der Waals surface area contributed by atoms with Gasteiger partial charge in [-0.05, 0) is 43.0 Å². The molecule has 18 heavy (non-hydrogen) atoms. The summed E-state index contributed by atoms with van der Waals surface area (Å²) in [7, 11) is 0. The SMILES string of the molecule is CCC(C#N)C(=O)Nc1ccc2c(c1)CCCO2. The molecule has 2 rings (SSSR count). The zero-order valence-electron chi connectivity index (χ0n) is 10.4. The van der Waals surface area contributed by atoms with Gasteiger partial charge < -0.3 is 10.1 Å². The lowest BCUT2D eigenvalue weighted by Gasteiger charge is -2.18. The first-order valence-electron chi connectivity index (χ1n) is 6.20. The van der Waals surface area contributed by atoms with Crippen molar-refractivity contribution in [2.45, 2.75) is 26.2 Å². The first-order valence-corrected chi connectivity index (χ1v) is 6.20. The molecule has 4 nitrogen and oxygen atoms in total. The maximum Gasteiger partial charge on any atom is 0.241 e. The van der Waals surface area contributed by atoms with Crippen molar-refractivity contribution in [3.63, 3.8) is 0 Å². The van der Waals surface area contributed by atoms with E-state index in [4.69, 9.17) is 10.00 Å². The number of nitrogens with zero attached hydrogens (tertiary/aromatic N) is 1. The van der Waals surface area contributed by atoms with Gasteiger partial charge in [0.1, 0.15) is 11.7 Å². The van der Waals surface area contributed by atoms with Gasteiger partial charge in [-0.1, -0.05) is 6.92 Å². The molecular formula is C14H16N2O2. The summed E-state index contributed by atoms with van der Waals surface area (Å²) in [6.45, 7) is 2.58. The highest BCUT2D eigenvalue weighted by atomic mass is 16.5. The van der Waals surface area contributed by atoms with E-state index in [0.29, 0.717) is 6.42 Å². The van der Waals surface area contributed by atoms with Crippen molar-refractivity contribution < 1.29 is 9.53 Å². The predicted molar refractivity (Wildman–Crippen MR) is 68.3 cm³/mol. The smallest absolute Gasteiger partial charge is 0.241 e. The fourth-order valence-electron chi connectivity index (χ4n) is 2.00. The molecule has 1 unspecified atom stereocenters. The molecule has 1 heterocycles. The van der Waals surface area contributed by atoms with E-state index in [1.54, 1.807) is 0 Å². The van der Waals surface area contributed by atoms with Crippen molar-refractivity contribution in [2.75, 3.05) is 11.9 Å². The van der Waals surface area contributed by atoms with Crippen LogP contribution in [0, 0.1) is 17.2 Å². The lowest BCUT2D eigenvalue weighted by atomic mass is 10.0. The van der Waals surface area contributed by atoms with Crippen LogP contribution in [0.4, 0.5) is 5.69 Å². The minimum Gasteiger partial charge on any atom is -0.493 e. The number of ether oxygens (including phenoxy) is 1. The van der Waals surface area contributed by atoms with Crippen LogP contribution in [0.5, 0.6) is 5.75 Å². The highest BCUT2D eigenvalue weighted by molar-refractivity contribution is 5.94. The molecule has 1 aromatic rings. The molecular weight excluding hydrogens is 228 g/mol. The number of aryl methyl sites for hydroxylation is 1. The molecule has 0 aromatic heterocycles. The lowest BCUT2D eigenvalue weighted by molar-refractivity contribution is -0.118. The molecule has 1 N–H and O–H groups in total. The van der Waals surface area contributed by atoms with Crippen molar-refractivity contribution in [3.05, 3.63) is 23.8 Å². The summed E-state index contributed by atoms with van der Waals surface area (Å²) in [6.07, 6.45) is 2.49. The molecule has 1 aliphatic heterocycles. The number of hydrogen-bond acceptors (Lipinski definition) is 3. The summed E-state index contributed by atoms with van der Waals surface area (Å²) in [5, 5.41) is 11.6. The minimum absolute atomic E-state index is 0.239. The van der Waals surface area contributed by atoms with Crippen molar-refractivity contribution >= 4 is 11.6 Å². The molecule has 0 spiro atoms. The van der Waals surface area contributed by atoms with Gasteiger partial charge in [0.25, 0.3) is 0 Å². The van der Waals surface area contributed by atoms with Crippen molar-refractivity contribution in [3.8, 4) is 11.8 Å². The third kappa shape index (κ3) is 2.62. The Balaban J connectivity index is 2.11. The molecule has 4 heteroatoms. The predicted octanol–water partition coefficient (Wildman–Crippen LogP) is 2.50. The van der Waals surface area contributed by atoms with Crippen LogP contribution in [-0.4, -0.2) is 12.5 Å². The van der Waals surface area contributed by atoms with Gasteiger partial charge in [0.05, 0.1) is 12.7 Å². The molecule has 0 aliphatic carbocycles. The molecule has 0 fully saturated rings. The monoisotopic (exact) mass is 244 g/mol. The number of benzene rings is 1. The Labute approximate surface area is 107 Å². The number of amides is 1. The summed E-state index contributed by atoms with van der Waals surface area (Å²) in [5.41, 5.74) is 1.85. The van der Waals surface area contributed by atoms with Crippen LogP contribution < -0.4 is 10.1 Å². The Morgan fingerprint density at radius 2 is 2.44 bits per heavy atom. The number of carbonyl (C=O) groups excluding carboxylic acids is 1. The van der Waals surface area contributed by atoms with Gasteiger partial charge in [0.15, 0.2) is 0 Å². The quantitative estimate of drug-likeness (QED) is 0.888. The van der Waals surface area contributed by atoms with E-state index in [1.165, 1.54) is 0 Å². The number of rotatable bonds is 3. The van der Waals surface area contributed by atoms with Crippen LogP contribution in [0.2, 0.25) is 0 Å². The Morgan fingerprint density at radius 3 is 3.17 bits per heavy atom. The topological polar surface area (TPSA) is 62.1 Å². The van der Waals surface area contributed by atoms with E-state index in [1.807, 2.05) is 31.2 Å². The first-order chi connectivity index (χ1) is 8.74. The third-order valence-corrected chi connectivity index (χ3v) is 3.06. The van der Waals surface area contributed by atoms with Crippen LogP contribution in [0.1, 0.15) is 25.3 Å². The normalized spacial score (nSPS) is 14.9. The molecule has 0 saturated carbocycles. The molecule has 1 amide bonds. The van der Waals surface area contributed by atoms with Gasteiger partial charge in [0.2, 0.25) is 5.91 Å². The maximum absolute atomic E-state index is 11.8. The molecule has 0 bridgehead atoms. The lowest BCUT2D eigenvalue weighted by Crippen LogP contribution is -2.21. The summed E-state index contributed by atoms with van der Waals surface area (Å²) in [5.74, 6) is 0.0699. The Bertz CT molecular complexity index is 491. The Morgan fingerprint density at radius 1 is 1.61 bits per heavy atom. The largest absolute Gasteiger partial charge is 0.493 e. The number of fused-ring (bicyclic) bond motifs is 1.